The van der Waals surface area contributed by atoms with E-state index < -0.39 is 6.10 Å². The van der Waals surface area contributed by atoms with Gasteiger partial charge in [0.15, 0.2) is 11.1 Å². The normalized spacial score (nSPS) is 39.6. The fraction of sp³-hybridized carbons (Fsp3) is 0.529. The molecule has 1 spiro atoms. The Morgan fingerprint density at radius 2 is 2.30 bits per heavy atom. The molecule has 1 aromatic rings. The van der Waals surface area contributed by atoms with Crippen molar-refractivity contribution in [3.63, 3.8) is 0 Å². The largest absolute Gasteiger partial charge is 0.482 e. The number of nitrogens with zero attached hydrogens (tertiary/aromatic N) is 2. The maximum absolute atomic E-state index is 10.6. The molecule has 4 aliphatic rings. The number of hydrogen-bond donors (Lipinski definition) is 1. The molecule has 0 saturated carbocycles. The Kier molecular flexibility index (Phi) is 2.54. The molecule has 2 aliphatic carbocycles. The van der Waals surface area contributed by atoms with Gasteiger partial charge in [-0.3, -0.25) is 0 Å². The summed E-state index contributed by atoms with van der Waals surface area (Å²) in [5.74, 6) is 1.26. The fourth-order valence-corrected chi connectivity index (χ4v) is 5.34. The maximum Gasteiger partial charge on any atom is 0.203 e. The number of benzene rings is 1. The lowest BCUT2D eigenvalue weighted by atomic mass is 9.53. The van der Waals surface area contributed by atoms with Crippen LogP contribution in [0.4, 0.5) is 0 Å². The predicted molar refractivity (Wildman–Crippen MR) is 82.3 cm³/mol. The molecule has 0 unspecified atom stereocenters. The van der Waals surface area contributed by atoms with Crippen LogP contribution in [0.1, 0.15) is 17.5 Å². The van der Waals surface area contributed by atoms with E-state index in [0.717, 1.165) is 24.9 Å². The molecule has 2 aliphatic heterocycles. The van der Waals surface area contributed by atoms with Crippen molar-refractivity contribution < 1.29 is 14.7 Å². The van der Waals surface area contributed by atoms with Crippen molar-refractivity contribution in [2.24, 2.45) is 11.3 Å². The molecular weight excluding hydrogens is 296 g/mol. The Morgan fingerprint density at radius 1 is 1.43 bits per heavy atom. The Morgan fingerprint density at radius 3 is 3.13 bits per heavy atom. The molecule has 1 fully saturated rings. The van der Waals surface area contributed by atoms with Gasteiger partial charge in [0.25, 0.3) is 0 Å². The molecule has 1 aromatic carbocycles. The lowest BCUT2D eigenvalue weighted by Crippen LogP contribution is -2.64. The van der Waals surface area contributed by atoms with Crippen LogP contribution >= 0.6 is 0 Å². The summed E-state index contributed by atoms with van der Waals surface area (Å²) in [6.45, 7) is 0.970. The number of likely N-dealkylation sites (N-methyl/N-ethyl adjacent to an activating group) is 1. The highest BCUT2D eigenvalue weighted by molar-refractivity contribution is 5.62. The molecule has 0 aromatic heterocycles. The van der Waals surface area contributed by atoms with Gasteiger partial charge in [0.1, 0.15) is 12.2 Å². The Bertz CT molecular complexity index is 734. The van der Waals surface area contributed by atoms with Crippen molar-refractivity contribution in [2.75, 3.05) is 13.6 Å². The topological polar surface area (TPSA) is 71.4 Å². The van der Waals surface area contributed by atoms with E-state index in [1.165, 1.54) is 5.56 Å². The summed E-state index contributed by atoms with van der Waals surface area (Å²) in [5.41, 5.74) is 2.13. The average molecular weight is 314 g/mol. The summed E-state index contributed by atoms with van der Waals surface area (Å²) in [6, 6.07) is 4.17. The number of rotatable bonds is 2. The van der Waals surface area contributed by atoms with Gasteiger partial charge in [0.05, 0.1) is 0 Å². The maximum atomic E-state index is 10.6. The molecule has 5 rings (SSSR count). The van der Waals surface area contributed by atoms with Crippen molar-refractivity contribution in [3.05, 3.63) is 40.3 Å². The minimum absolute atomic E-state index is 0.226. The first-order chi connectivity index (χ1) is 11.2. The third-order valence-electron chi connectivity index (χ3n) is 6.27. The number of hydrogen-bond acceptors (Lipinski definition) is 6. The number of piperidine rings is 1. The molecule has 0 radical (unpaired) electrons. The molecule has 5 atom stereocenters. The molecular formula is C17H18N2O4. The van der Waals surface area contributed by atoms with Gasteiger partial charge < -0.3 is 19.6 Å². The van der Waals surface area contributed by atoms with Crippen LogP contribution in [0.5, 0.6) is 11.5 Å². The molecule has 1 N–H and O–H groups in total. The summed E-state index contributed by atoms with van der Waals surface area (Å²) in [4.78, 5) is 17.9. The van der Waals surface area contributed by atoms with Crippen LogP contribution in [-0.2, 0) is 11.8 Å². The van der Waals surface area contributed by atoms with Crippen molar-refractivity contribution in [3.8, 4) is 11.5 Å². The van der Waals surface area contributed by atoms with E-state index in [1.54, 1.807) is 6.07 Å². The standard InChI is InChI=1S/C17H18N2O4/c1-19-7-6-17-10-3-4-12(20)16(17)22-15-13(23-18-21)5-2-9(14(15)17)8-11(10)19/h2-5,10-12,16,20H,6-8H2,1H3/t10-,11+,12-,16-,17-/m0/s1. The van der Waals surface area contributed by atoms with Gasteiger partial charge in [-0.15, -0.1) is 4.91 Å². The second-order valence-corrected chi connectivity index (χ2v) is 7.07. The van der Waals surface area contributed by atoms with Gasteiger partial charge in [-0.05, 0) is 38.1 Å². The van der Waals surface area contributed by atoms with Crippen molar-refractivity contribution in [1.29, 1.82) is 0 Å². The van der Waals surface area contributed by atoms with E-state index in [-0.39, 0.29) is 11.5 Å². The number of aliphatic hydroxyl groups excluding tert-OH is 1. The molecule has 6 heteroatoms. The van der Waals surface area contributed by atoms with Crippen LogP contribution in [-0.4, -0.2) is 41.8 Å². The zero-order chi connectivity index (χ0) is 15.8. The van der Waals surface area contributed by atoms with Crippen molar-refractivity contribution in [2.45, 2.75) is 36.5 Å². The minimum atomic E-state index is -0.648. The Balaban J connectivity index is 1.79. The molecule has 1 saturated heterocycles. The van der Waals surface area contributed by atoms with E-state index in [9.17, 15) is 10.0 Å². The first-order valence-corrected chi connectivity index (χ1v) is 8.06. The Labute approximate surface area is 133 Å². The summed E-state index contributed by atoms with van der Waals surface area (Å²) < 4.78 is 6.17. The van der Waals surface area contributed by atoms with E-state index in [0.29, 0.717) is 23.5 Å². The molecule has 23 heavy (non-hydrogen) atoms. The number of likely N-dealkylation sites (tertiary alicyclic amines) is 1. The monoisotopic (exact) mass is 314 g/mol. The quantitative estimate of drug-likeness (QED) is 0.509. The van der Waals surface area contributed by atoms with Crippen molar-refractivity contribution >= 4 is 0 Å². The first-order valence-electron chi connectivity index (χ1n) is 8.06. The number of aliphatic hydroxyl groups is 1. The molecule has 6 nitrogen and oxygen atoms in total. The van der Waals surface area contributed by atoms with E-state index >= 15 is 0 Å². The fourth-order valence-electron chi connectivity index (χ4n) is 5.34. The summed E-state index contributed by atoms with van der Waals surface area (Å²) in [5, 5.41) is 13.1. The third kappa shape index (κ3) is 1.46. The van der Waals surface area contributed by atoms with Crippen LogP contribution in [0.3, 0.4) is 0 Å². The van der Waals surface area contributed by atoms with Crippen LogP contribution in [0.2, 0.25) is 0 Å². The van der Waals surface area contributed by atoms with Gasteiger partial charge in [-0.25, -0.2) is 0 Å². The first kappa shape index (κ1) is 13.5. The zero-order valence-corrected chi connectivity index (χ0v) is 12.8. The third-order valence-corrected chi connectivity index (χ3v) is 6.27. The van der Waals surface area contributed by atoms with E-state index in [4.69, 9.17) is 9.57 Å². The zero-order valence-electron chi connectivity index (χ0n) is 12.8. The average Bonchev–Trinajstić information content (AvgIpc) is 2.90. The van der Waals surface area contributed by atoms with Crippen LogP contribution in [0, 0.1) is 10.8 Å². The second-order valence-electron chi connectivity index (χ2n) is 7.07. The summed E-state index contributed by atoms with van der Waals surface area (Å²) >= 11 is 0. The van der Waals surface area contributed by atoms with Crippen LogP contribution < -0.4 is 9.57 Å². The van der Waals surface area contributed by atoms with E-state index in [2.05, 4.69) is 23.4 Å². The SMILES string of the molecule is CN1CC[C@]23c4c5ccc(ON=O)c4O[C@H]2[C@@H](O)C=C[C@H]3[C@H]1C5. The second kappa shape index (κ2) is 4.33. The van der Waals surface area contributed by atoms with Crippen molar-refractivity contribution in [1.82, 2.24) is 4.90 Å². The van der Waals surface area contributed by atoms with Gasteiger partial charge in [-0.1, -0.05) is 18.2 Å². The smallest absolute Gasteiger partial charge is 0.203 e. The van der Waals surface area contributed by atoms with Crippen LogP contribution in [0.15, 0.2) is 29.6 Å². The Hall–Kier alpha value is -1.92. The molecule has 0 amide bonds. The summed E-state index contributed by atoms with van der Waals surface area (Å²) in [7, 11) is 2.17. The van der Waals surface area contributed by atoms with Gasteiger partial charge in [0, 0.05) is 22.9 Å². The molecule has 120 valence electrons. The molecule has 2 bridgehead atoms. The highest BCUT2D eigenvalue weighted by Crippen LogP contribution is 2.62. The van der Waals surface area contributed by atoms with Crippen LogP contribution in [0.25, 0.3) is 0 Å². The minimum Gasteiger partial charge on any atom is -0.482 e. The molecule has 2 heterocycles. The highest BCUT2D eigenvalue weighted by atomic mass is 16.7. The van der Waals surface area contributed by atoms with E-state index in [1.807, 2.05) is 12.1 Å². The van der Waals surface area contributed by atoms with Gasteiger partial charge >= 0.3 is 0 Å². The van der Waals surface area contributed by atoms with Gasteiger partial charge in [-0.2, -0.15) is 0 Å². The lowest BCUT2D eigenvalue weighted by Gasteiger charge is -2.56. The predicted octanol–water partition coefficient (Wildman–Crippen LogP) is 1.55. The lowest BCUT2D eigenvalue weighted by molar-refractivity contribution is -0.0454. The summed E-state index contributed by atoms with van der Waals surface area (Å²) in [6.07, 6.45) is 4.92. The van der Waals surface area contributed by atoms with Gasteiger partial charge in [0.2, 0.25) is 5.75 Å². The highest BCUT2D eigenvalue weighted by Gasteiger charge is 2.64. The number of ether oxygens (including phenoxy) is 1.